The van der Waals surface area contributed by atoms with Crippen molar-refractivity contribution in [2.45, 2.75) is 10.3 Å². The lowest BCUT2D eigenvalue weighted by atomic mass is 10.1. The van der Waals surface area contributed by atoms with Crippen molar-refractivity contribution >= 4 is 39.1 Å². The minimum Gasteiger partial charge on any atom is -0.497 e. The van der Waals surface area contributed by atoms with Crippen LogP contribution in [-0.2, 0) is 14.6 Å². The molecule has 0 saturated heterocycles. The molecular formula is C21H19NO6S2. The minimum atomic E-state index is -3.95. The second kappa shape index (κ2) is 9.10. The smallest absolute Gasteiger partial charge is 0.339 e. The van der Waals surface area contributed by atoms with Crippen LogP contribution in [0, 0.1) is 0 Å². The Morgan fingerprint density at radius 3 is 2.40 bits per heavy atom. The van der Waals surface area contributed by atoms with Gasteiger partial charge in [0.05, 0.1) is 30.4 Å². The first-order chi connectivity index (χ1) is 14.4. The van der Waals surface area contributed by atoms with Crippen molar-refractivity contribution in [1.29, 1.82) is 0 Å². The highest BCUT2D eigenvalue weighted by molar-refractivity contribution is 7.91. The van der Waals surface area contributed by atoms with Crippen LogP contribution in [0.15, 0.2) is 64.2 Å². The number of benzene rings is 2. The first kappa shape index (κ1) is 21.5. The number of sulfone groups is 1. The molecule has 0 aliphatic heterocycles. The third-order valence-electron chi connectivity index (χ3n) is 4.45. The van der Waals surface area contributed by atoms with E-state index in [2.05, 4.69) is 5.32 Å². The molecular weight excluding hydrogens is 426 g/mol. The Morgan fingerprint density at radius 2 is 1.83 bits per heavy atom. The van der Waals surface area contributed by atoms with Gasteiger partial charge in [-0.25, -0.2) is 13.2 Å². The highest BCUT2D eigenvalue weighted by Crippen LogP contribution is 2.34. The highest BCUT2D eigenvalue weighted by Gasteiger charge is 2.31. The van der Waals surface area contributed by atoms with Gasteiger partial charge in [-0.15, -0.1) is 0 Å². The molecule has 30 heavy (non-hydrogen) atoms. The fourth-order valence-corrected chi connectivity index (χ4v) is 5.24. The zero-order valence-electron chi connectivity index (χ0n) is 16.2. The normalized spacial score (nSPS) is 12.1. The summed E-state index contributed by atoms with van der Waals surface area (Å²) in [6.45, 7) is 0. The Balaban J connectivity index is 2.13. The van der Waals surface area contributed by atoms with Gasteiger partial charge >= 0.3 is 5.97 Å². The first-order valence-corrected chi connectivity index (χ1v) is 11.2. The van der Waals surface area contributed by atoms with Crippen LogP contribution in [0.2, 0.25) is 0 Å². The number of methoxy groups -OCH3 is 2. The highest BCUT2D eigenvalue weighted by atomic mass is 32.2. The first-order valence-electron chi connectivity index (χ1n) is 8.75. The summed E-state index contributed by atoms with van der Waals surface area (Å²) < 4.78 is 36.8. The van der Waals surface area contributed by atoms with Crippen LogP contribution in [0.1, 0.15) is 31.7 Å². The van der Waals surface area contributed by atoms with Gasteiger partial charge in [-0.3, -0.25) is 4.79 Å². The molecule has 0 bridgehead atoms. The van der Waals surface area contributed by atoms with Crippen molar-refractivity contribution in [1.82, 2.24) is 0 Å². The number of para-hydroxylation sites is 1. The summed E-state index contributed by atoms with van der Waals surface area (Å²) in [6, 6.07) is 12.2. The molecule has 9 heteroatoms. The molecule has 0 aliphatic rings. The van der Waals surface area contributed by atoms with Crippen LogP contribution in [0.3, 0.4) is 0 Å². The second-order valence-corrected chi connectivity index (χ2v) is 8.99. The zero-order valence-corrected chi connectivity index (χ0v) is 17.8. The zero-order chi connectivity index (χ0) is 21.7. The molecule has 3 aromatic rings. The second-order valence-electron chi connectivity index (χ2n) is 6.18. The van der Waals surface area contributed by atoms with Crippen LogP contribution in [0.4, 0.5) is 5.69 Å². The molecule has 1 atom stereocenters. The average Bonchev–Trinajstić information content (AvgIpc) is 3.30. The van der Waals surface area contributed by atoms with Gasteiger partial charge in [0.15, 0.2) is 11.7 Å². The largest absolute Gasteiger partial charge is 0.497 e. The predicted molar refractivity (Wildman–Crippen MR) is 114 cm³/mol. The van der Waals surface area contributed by atoms with E-state index in [4.69, 9.17) is 9.47 Å². The number of ether oxygens (including phenoxy) is 2. The van der Waals surface area contributed by atoms with Gasteiger partial charge in [-0.2, -0.15) is 11.3 Å². The fourth-order valence-electron chi connectivity index (χ4n) is 2.91. The maximum atomic E-state index is 13.5. The Morgan fingerprint density at radius 1 is 1.10 bits per heavy atom. The van der Waals surface area contributed by atoms with Gasteiger partial charge in [0.1, 0.15) is 5.75 Å². The van der Waals surface area contributed by atoms with E-state index in [1.165, 1.54) is 55.9 Å². The third kappa shape index (κ3) is 4.22. The number of anilines is 1. The summed E-state index contributed by atoms with van der Waals surface area (Å²) in [7, 11) is -1.25. The molecule has 1 unspecified atom stereocenters. The van der Waals surface area contributed by atoms with E-state index in [0.29, 0.717) is 17.6 Å². The Labute approximate surface area is 178 Å². The molecule has 1 N–H and O–H groups in total. The van der Waals surface area contributed by atoms with Crippen LogP contribution >= 0.6 is 11.3 Å². The van der Waals surface area contributed by atoms with E-state index in [-0.39, 0.29) is 21.7 Å². The van der Waals surface area contributed by atoms with Crippen molar-refractivity contribution in [2.75, 3.05) is 19.5 Å². The molecule has 156 valence electrons. The van der Waals surface area contributed by atoms with Gasteiger partial charge in [0.2, 0.25) is 9.84 Å². The quantitative estimate of drug-likeness (QED) is 0.414. The summed E-state index contributed by atoms with van der Waals surface area (Å²) >= 11 is 1.34. The number of esters is 1. The van der Waals surface area contributed by atoms with E-state index in [0.717, 1.165) is 0 Å². The summed E-state index contributed by atoms with van der Waals surface area (Å²) in [5.41, 5.74) is 0.773. The number of aldehydes is 1. The molecule has 0 amide bonds. The van der Waals surface area contributed by atoms with Crippen LogP contribution in [0.5, 0.6) is 5.75 Å². The Hall–Kier alpha value is -3.17. The van der Waals surface area contributed by atoms with Gasteiger partial charge in [-0.1, -0.05) is 6.07 Å². The van der Waals surface area contributed by atoms with E-state index >= 15 is 0 Å². The summed E-state index contributed by atoms with van der Waals surface area (Å²) in [5, 5.41) is 5.12. The molecule has 7 nitrogen and oxygen atoms in total. The van der Waals surface area contributed by atoms with Crippen molar-refractivity contribution in [3.8, 4) is 5.75 Å². The number of thiophene rings is 1. The minimum absolute atomic E-state index is 0.0623. The SMILES string of the molecule is COC(=O)c1cccc(C=O)c1NC(c1ccsc1)S(=O)(=O)c1ccc(OC)cc1. The summed E-state index contributed by atoms with van der Waals surface area (Å²) in [4.78, 5) is 23.9. The maximum absolute atomic E-state index is 13.5. The van der Waals surface area contributed by atoms with E-state index in [1.807, 2.05) is 0 Å². The molecule has 0 saturated carbocycles. The van der Waals surface area contributed by atoms with Crippen LogP contribution < -0.4 is 10.1 Å². The Bertz CT molecular complexity index is 1140. The van der Waals surface area contributed by atoms with Gasteiger partial charge in [0.25, 0.3) is 0 Å². The predicted octanol–water partition coefficient (Wildman–Crippen LogP) is 3.94. The molecule has 0 fully saturated rings. The van der Waals surface area contributed by atoms with Crippen molar-refractivity contribution in [3.63, 3.8) is 0 Å². The number of hydrogen-bond donors (Lipinski definition) is 1. The third-order valence-corrected chi connectivity index (χ3v) is 7.09. The van der Waals surface area contributed by atoms with Crippen molar-refractivity contribution < 1.29 is 27.5 Å². The molecule has 2 aromatic carbocycles. The number of carbonyl (C=O) groups is 2. The van der Waals surface area contributed by atoms with Crippen molar-refractivity contribution in [3.05, 3.63) is 76.0 Å². The van der Waals surface area contributed by atoms with Gasteiger partial charge in [0, 0.05) is 11.1 Å². The number of carbonyl (C=O) groups excluding carboxylic acids is 2. The summed E-state index contributed by atoms with van der Waals surface area (Å²) in [6.07, 6.45) is 0.555. The Kier molecular flexibility index (Phi) is 6.53. The molecule has 0 spiro atoms. The van der Waals surface area contributed by atoms with Gasteiger partial charge in [-0.05, 0) is 53.2 Å². The topological polar surface area (TPSA) is 98.8 Å². The average molecular weight is 446 g/mol. The lowest BCUT2D eigenvalue weighted by molar-refractivity contribution is 0.0601. The van der Waals surface area contributed by atoms with E-state index in [1.54, 1.807) is 29.0 Å². The van der Waals surface area contributed by atoms with E-state index < -0.39 is 21.2 Å². The monoisotopic (exact) mass is 445 g/mol. The number of hydrogen-bond acceptors (Lipinski definition) is 8. The number of nitrogens with one attached hydrogen (secondary N) is 1. The standard InChI is InChI=1S/C21H19NO6S2/c1-27-16-6-8-17(9-7-16)30(25,26)20(15-10-11-29-13-15)22-19-14(12-23)4-3-5-18(19)21(24)28-2/h3-13,20,22H,1-2H3. The van der Waals surface area contributed by atoms with Crippen LogP contribution in [-0.4, -0.2) is 34.9 Å². The van der Waals surface area contributed by atoms with Crippen molar-refractivity contribution in [2.24, 2.45) is 0 Å². The molecule has 1 aromatic heterocycles. The van der Waals surface area contributed by atoms with Gasteiger partial charge < -0.3 is 14.8 Å². The maximum Gasteiger partial charge on any atom is 0.339 e. The lowest BCUT2D eigenvalue weighted by Gasteiger charge is -2.22. The van der Waals surface area contributed by atoms with E-state index in [9.17, 15) is 18.0 Å². The van der Waals surface area contributed by atoms with Crippen LogP contribution in [0.25, 0.3) is 0 Å². The summed E-state index contributed by atoms with van der Waals surface area (Å²) in [5.74, 6) is -0.166. The fraction of sp³-hybridized carbons (Fsp3) is 0.143. The lowest BCUT2D eigenvalue weighted by Crippen LogP contribution is -2.23. The number of rotatable bonds is 8. The molecule has 1 heterocycles. The molecule has 0 radical (unpaired) electrons. The molecule has 3 rings (SSSR count). The molecule has 0 aliphatic carbocycles.